The SMILES string of the molecule is C=Cc1ccc(OCCCCN(CCCC)CCCC)cc1. The van der Waals surface area contributed by atoms with Crippen molar-refractivity contribution in [3.05, 3.63) is 36.4 Å². The average Bonchev–Trinajstić information content (AvgIpc) is 2.56. The minimum atomic E-state index is 0.808. The van der Waals surface area contributed by atoms with Crippen LogP contribution in [0, 0.1) is 0 Å². The van der Waals surface area contributed by atoms with Gasteiger partial charge in [0.05, 0.1) is 6.61 Å². The van der Waals surface area contributed by atoms with Crippen molar-refractivity contribution in [3.8, 4) is 5.75 Å². The molecule has 0 saturated heterocycles. The molecule has 22 heavy (non-hydrogen) atoms. The number of nitrogens with zero attached hydrogens (tertiary/aromatic N) is 1. The number of ether oxygens (including phenoxy) is 1. The normalized spacial score (nSPS) is 10.9. The van der Waals surface area contributed by atoms with Crippen molar-refractivity contribution in [2.45, 2.75) is 52.4 Å². The van der Waals surface area contributed by atoms with Crippen molar-refractivity contribution in [2.75, 3.05) is 26.2 Å². The molecule has 0 unspecified atom stereocenters. The van der Waals surface area contributed by atoms with Gasteiger partial charge >= 0.3 is 0 Å². The van der Waals surface area contributed by atoms with Crippen molar-refractivity contribution >= 4 is 6.08 Å². The van der Waals surface area contributed by atoms with Crippen LogP contribution in [0.1, 0.15) is 57.9 Å². The number of unbranched alkanes of at least 4 members (excludes halogenated alkanes) is 3. The molecule has 0 aliphatic rings. The smallest absolute Gasteiger partial charge is 0.119 e. The summed E-state index contributed by atoms with van der Waals surface area (Å²) in [6, 6.07) is 8.12. The Morgan fingerprint density at radius 1 is 0.909 bits per heavy atom. The van der Waals surface area contributed by atoms with Gasteiger partial charge in [0.15, 0.2) is 0 Å². The standard InChI is InChI=1S/C20H33NO/c1-4-7-15-21(16-8-5-2)17-9-10-18-22-20-13-11-19(6-3)12-14-20/h6,11-14H,3-5,7-10,15-18H2,1-2H3. The molecular weight excluding hydrogens is 270 g/mol. The van der Waals surface area contributed by atoms with Crippen LogP contribution in [-0.4, -0.2) is 31.1 Å². The topological polar surface area (TPSA) is 12.5 Å². The van der Waals surface area contributed by atoms with Crippen molar-refractivity contribution in [1.29, 1.82) is 0 Å². The first-order chi connectivity index (χ1) is 10.8. The lowest BCUT2D eigenvalue weighted by atomic mass is 10.2. The molecular formula is C20H33NO. The predicted molar refractivity (Wildman–Crippen MR) is 97.5 cm³/mol. The molecule has 1 aromatic carbocycles. The fourth-order valence-corrected chi connectivity index (χ4v) is 2.43. The van der Waals surface area contributed by atoms with Crippen LogP contribution < -0.4 is 4.74 Å². The molecule has 124 valence electrons. The van der Waals surface area contributed by atoms with Gasteiger partial charge < -0.3 is 9.64 Å². The van der Waals surface area contributed by atoms with Crippen molar-refractivity contribution < 1.29 is 4.74 Å². The lowest BCUT2D eigenvalue weighted by Gasteiger charge is -2.21. The van der Waals surface area contributed by atoms with Crippen LogP contribution >= 0.6 is 0 Å². The second-order valence-corrected chi connectivity index (χ2v) is 5.88. The van der Waals surface area contributed by atoms with Gasteiger partial charge in [-0.15, -0.1) is 0 Å². The molecule has 1 aromatic rings. The molecule has 0 aliphatic heterocycles. The van der Waals surface area contributed by atoms with E-state index in [0.29, 0.717) is 0 Å². The monoisotopic (exact) mass is 303 g/mol. The number of rotatable bonds is 13. The molecule has 0 bridgehead atoms. The van der Waals surface area contributed by atoms with Gasteiger partial charge in [0.25, 0.3) is 0 Å². The maximum absolute atomic E-state index is 5.80. The van der Waals surface area contributed by atoms with E-state index in [1.54, 1.807) is 0 Å². The van der Waals surface area contributed by atoms with Gasteiger partial charge in [-0.3, -0.25) is 0 Å². The minimum Gasteiger partial charge on any atom is -0.494 e. The second-order valence-electron chi connectivity index (χ2n) is 5.88. The summed E-state index contributed by atoms with van der Waals surface area (Å²) in [5, 5.41) is 0. The molecule has 0 radical (unpaired) electrons. The minimum absolute atomic E-state index is 0.808. The van der Waals surface area contributed by atoms with Gasteiger partial charge in [0, 0.05) is 0 Å². The van der Waals surface area contributed by atoms with E-state index in [1.165, 1.54) is 51.7 Å². The Balaban J connectivity index is 2.16. The van der Waals surface area contributed by atoms with Crippen LogP contribution in [-0.2, 0) is 0 Å². The Morgan fingerprint density at radius 2 is 1.50 bits per heavy atom. The highest BCUT2D eigenvalue weighted by Crippen LogP contribution is 2.13. The third-order valence-electron chi connectivity index (χ3n) is 3.91. The first-order valence-corrected chi connectivity index (χ1v) is 8.87. The second kappa shape index (κ2) is 12.3. The van der Waals surface area contributed by atoms with Crippen LogP contribution in [0.25, 0.3) is 6.08 Å². The first-order valence-electron chi connectivity index (χ1n) is 8.87. The molecule has 0 amide bonds. The summed E-state index contributed by atoms with van der Waals surface area (Å²) in [7, 11) is 0. The summed E-state index contributed by atoms with van der Waals surface area (Å²) in [5.74, 6) is 0.958. The summed E-state index contributed by atoms with van der Waals surface area (Å²) in [6.45, 7) is 12.8. The van der Waals surface area contributed by atoms with Gasteiger partial charge in [-0.25, -0.2) is 0 Å². The van der Waals surface area contributed by atoms with Gasteiger partial charge in [0.1, 0.15) is 5.75 Å². The van der Waals surface area contributed by atoms with Crippen molar-refractivity contribution in [3.63, 3.8) is 0 Å². The summed E-state index contributed by atoms with van der Waals surface area (Å²) in [6.07, 6.45) is 9.39. The highest BCUT2D eigenvalue weighted by Gasteiger charge is 2.03. The quantitative estimate of drug-likeness (QED) is 0.453. The number of benzene rings is 1. The predicted octanol–water partition coefficient (Wildman–Crippen LogP) is 5.39. The van der Waals surface area contributed by atoms with E-state index >= 15 is 0 Å². The average molecular weight is 303 g/mol. The molecule has 0 saturated carbocycles. The maximum Gasteiger partial charge on any atom is 0.119 e. The number of hydrogen-bond donors (Lipinski definition) is 0. The summed E-state index contributed by atoms with van der Waals surface area (Å²) in [4.78, 5) is 2.62. The third-order valence-corrected chi connectivity index (χ3v) is 3.91. The largest absolute Gasteiger partial charge is 0.494 e. The Morgan fingerprint density at radius 3 is 2.05 bits per heavy atom. The highest BCUT2D eigenvalue weighted by atomic mass is 16.5. The van der Waals surface area contributed by atoms with Crippen LogP contribution in [0.3, 0.4) is 0 Å². The van der Waals surface area contributed by atoms with Crippen LogP contribution in [0.5, 0.6) is 5.75 Å². The van der Waals surface area contributed by atoms with Gasteiger partial charge in [0.2, 0.25) is 0 Å². The zero-order chi connectivity index (χ0) is 16.0. The molecule has 0 N–H and O–H groups in total. The molecule has 2 nitrogen and oxygen atoms in total. The Bertz CT molecular complexity index is 377. The van der Waals surface area contributed by atoms with E-state index in [9.17, 15) is 0 Å². The van der Waals surface area contributed by atoms with Crippen LogP contribution in [0.15, 0.2) is 30.8 Å². The van der Waals surface area contributed by atoms with E-state index in [0.717, 1.165) is 24.3 Å². The zero-order valence-electron chi connectivity index (χ0n) is 14.5. The van der Waals surface area contributed by atoms with Crippen molar-refractivity contribution in [2.24, 2.45) is 0 Å². The summed E-state index contributed by atoms with van der Waals surface area (Å²) in [5.41, 5.74) is 1.13. The summed E-state index contributed by atoms with van der Waals surface area (Å²) < 4.78 is 5.80. The molecule has 0 aromatic heterocycles. The van der Waals surface area contributed by atoms with Crippen LogP contribution in [0.2, 0.25) is 0 Å². The summed E-state index contributed by atoms with van der Waals surface area (Å²) >= 11 is 0. The van der Waals surface area contributed by atoms with Gasteiger partial charge in [-0.05, 0) is 63.0 Å². The number of hydrogen-bond acceptors (Lipinski definition) is 2. The van der Waals surface area contributed by atoms with Crippen molar-refractivity contribution in [1.82, 2.24) is 4.90 Å². The van der Waals surface area contributed by atoms with Gasteiger partial charge in [-0.2, -0.15) is 0 Å². The molecule has 1 rings (SSSR count). The Hall–Kier alpha value is -1.28. The molecule has 0 heterocycles. The van der Waals surface area contributed by atoms with Crippen LogP contribution in [0.4, 0.5) is 0 Å². The fraction of sp³-hybridized carbons (Fsp3) is 0.600. The Kier molecular flexibility index (Phi) is 10.5. The van der Waals surface area contributed by atoms with Gasteiger partial charge in [-0.1, -0.05) is 51.5 Å². The molecule has 0 atom stereocenters. The van der Waals surface area contributed by atoms with E-state index < -0.39 is 0 Å². The lowest BCUT2D eigenvalue weighted by Crippen LogP contribution is -2.27. The molecule has 0 fully saturated rings. The van der Waals surface area contributed by atoms with E-state index in [2.05, 4.69) is 25.3 Å². The lowest BCUT2D eigenvalue weighted by molar-refractivity contribution is 0.243. The third kappa shape index (κ3) is 8.23. The maximum atomic E-state index is 5.80. The molecule has 0 spiro atoms. The Labute approximate surface area is 137 Å². The molecule has 0 aliphatic carbocycles. The van der Waals surface area contributed by atoms with E-state index in [1.807, 2.05) is 30.3 Å². The first kappa shape index (κ1) is 18.8. The molecule has 2 heteroatoms. The van der Waals surface area contributed by atoms with E-state index in [-0.39, 0.29) is 0 Å². The fourth-order valence-electron chi connectivity index (χ4n) is 2.43. The zero-order valence-corrected chi connectivity index (χ0v) is 14.5. The van der Waals surface area contributed by atoms with E-state index in [4.69, 9.17) is 4.74 Å². The highest BCUT2D eigenvalue weighted by molar-refractivity contribution is 5.48.